The summed E-state index contributed by atoms with van der Waals surface area (Å²) in [5, 5.41) is 11.8. The second kappa shape index (κ2) is 6.52. The lowest BCUT2D eigenvalue weighted by Gasteiger charge is -2.31. The highest BCUT2D eigenvalue weighted by atomic mass is 35.5. The van der Waals surface area contributed by atoms with Gasteiger partial charge in [-0.25, -0.2) is 0 Å². The fourth-order valence-electron chi connectivity index (χ4n) is 2.94. The van der Waals surface area contributed by atoms with Gasteiger partial charge in [-0.1, -0.05) is 18.5 Å². The van der Waals surface area contributed by atoms with Crippen LogP contribution in [0.5, 0.6) is 0 Å². The van der Waals surface area contributed by atoms with Gasteiger partial charge in [-0.2, -0.15) is 10.2 Å². The number of likely N-dealkylation sites (tertiary alicyclic amines) is 1. The van der Waals surface area contributed by atoms with E-state index in [4.69, 9.17) is 11.6 Å². The van der Waals surface area contributed by atoms with Gasteiger partial charge in [0.2, 0.25) is 0 Å². The minimum Gasteiger partial charge on any atom is -0.337 e. The van der Waals surface area contributed by atoms with Gasteiger partial charge in [0.25, 0.3) is 5.91 Å². The highest BCUT2D eigenvalue weighted by molar-refractivity contribution is 6.33. The van der Waals surface area contributed by atoms with Crippen molar-refractivity contribution in [2.45, 2.75) is 38.6 Å². The van der Waals surface area contributed by atoms with E-state index < -0.39 is 0 Å². The maximum atomic E-state index is 12.7. The van der Waals surface area contributed by atoms with Crippen LogP contribution in [0.1, 0.15) is 48.3 Å². The van der Waals surface area contributed by atoms with Gasteiger partial charge in [-0.05, 0) is 25.3 Å². The molecule has 2 aromatic rings. The molecule has 1 aliphatic rings. The van der Waals surface area contributed by atoms with Crippen LogP contribution in [0, 0.1) is 0 Å². The third-order valence-corrected chi connectivity index (χ3v) is 4.32. The average Bonchev–Trinajstić information content (AvgIpc) is 3.17. The van der Waals surface area contributed by atoms with Crippen LogP contribution in [0.2, 0.25) is 5.02 Å². The number of nitrogens with one attached hydrogen (secondary N) is 1. The van der Waals surface area contributed by atoms with Crippen LogP contribution in [-0.4, -0.2) is 43.9 Å². The number of rotatable bonds is 4. The number of aryl methyl sites for hydroxylation is 1. The molecule has 1 unspecified atom stereocenters. The van der Waals surface area contributed by atoms with E-state index in [9.17, 15) is 4.79 Å². The molecule has 0 radical (unpaired) electrons. The molecule has 22 heavy (non-hydrogen) atoms. The van der Waals surface area contributed by atoms with E-state index in [-0.39, 0.29) is 5.91 Å². The molecular weight excluding hydrogens is 302 g/mol. The molecule has 0 aromatic carbocycles. The lowest BCUT2D eigenvalue weighted by Crippen LogP contribution is -2.39. The van der Waals surface area contributed by atoms with Gasteiger partial charge in [-0.3, -0.25) is 14.6 Å². The summed E-state index contributed by atoms with van der Waals surface area (Å²) in [4.78, 5) is 14.5. The molecule has 0 saturated carbocycles. The summed E-state index contributed by atoms with van der Waals surface area (Å²) in [7, 11) is 0. The Balaban J connectivity index is 1.74. The van der Waals surface area contributed by atoms with Gasteiger partial charge >= 0.3 is 0 Å². The molecule has 3 heterocycles. The molecule has 1 fully saturated rings. The minimum atomic E-state index is -0.0796. The third kappa shape index (κ3) is 3.02. The summed E-state index contributed by atoms with van der Waals surface area (Å²) in [5.41, 5.74) is 1.44. The van der Waals surface area contributed by atoms with E-state index in [0.717, 1.165) is 38.0 Å². The number of hydrogen-bond donors (Lipinski definition) is 1. The largest absolute Gasteiger partial charge is 0.337 e. The van der Waals surface area contributed by atoms with Crippen molar-refractivity contribution in [1.29, 1.82) is 0 Å². The monoisotopic (exact) mass is 321 g/mol. The first-order chi connectivity index (χ1) is 10.7. The van der Waals surface area contributed by atoms with Crippen LogP contribution in [0.15, 0.2) is 18.5 Å². The van der Waals surface area contributed by atoms with Crippen LogP contribution in [0.25, 0.3) is 0 Å². The molecule has 118 valence electrons. The van der Waals surface area contributed by atoms with Crippen LogP contribution in [-0.2, 0) is 6.54 Å². The molecule has 6 nitrogen and oxygen atoms in total. The second-order valence-corrected chi connectivity index (χ2v) is 6.10. The zero-order valence-corrected chi connectivity index (χ0v) is 13.4. The fraction of sp³-hybridized carbons (Fsp3) is 0.533. The predicted octanol–water partition coefficient (Wildman–Crippen LogP) is 2.69. The Bertz CT molecular complexity index is 636. The first kappa shape index (κ1) is 15.1. The first-order valence-corrected chi connectivity index (χ1v) is 8.08. The van der Waals surface area contributed by atoms with Crippen molar-refractivity contribution in [3.05, 3.63) is 34.9 Å². The van der Waals surface area contributed by atoms with Crippen LogP contribution < -0.4 is 0 Å². The number of piperidine rings is 1. The summed E-state index contributed by atoms with van der Waals surface area (Å²) in [6.07, 6.45) is 6.47. The van der Waals surface area contributed by atoms with E-state index in [1.54, 1.807) is 17.1 Å². The van der Waals surface area contributed by atoms with Crippen molar-refractivity contribution >= 4 is 17.5 Å². The van der Waals surface area contributed by atoms with Crippen LogP contribution in [0.3, 0.4) is 0 Å². The molecular formula is C15H20ClN5O. The highest BCUT2D eigenvalue weighted by Gasteiger charge is 2.28. The van der Waals surface area contributed by atoms with Crippen molar-refractivity contribution in [3.63, 3.8) is 0 Å². The molecule has 1 N–H and O–H groups in total. The SMILES string of the molecule is CCCn1cc(Cl)c(C(=O)N2CCCC(c3ccn[nH]3)C2)n1. The maximum Gasteiger partial charge on any atom is 0.275 e. The Morgan fingerprint density at radius 3 is 3.14 bits per heavy atom. The van der Waals surface area contributed by atoms with Crippen molar-refractivity contribution in [2.24, 2.45) is 0 Å². The minimum absolute atomic E-state index is 0.0796. The Kier molecular flexibility index (Phi) is 4.47. The number of nitrogens with zero attached hydrogens (tertiary/aromatic N) is 4. The Hall–Kier alpha value is -1.82. The standard InChI is InChI=1S/C15H20ClN5O/c1-2-7-21-10-12(16)14(19-21)15(22)20-8-3-4-11(9-20)13-5-6-17-18-13/h5-6,10-11H,2-4,7-9H2,1H3,(H,17,18). The van der Waals surface area contributed by atoms with E-state index in [1.807, 2.05) is 11.0 Å². The van der Waals surface area contributed by atoms with Crippen molar-refractivity contribution in [2.75, 3.05) is 13.1 Å². The van der Waals surface area contributed by atoms with Gasteiger partial charge in [0, 0.05) is 43.6 Å². The zero-order chi connectivity index (χ0) is 15.5. The summed E-state index contributed by atoms with van der Waals surface area (Å²) in [5.74, 6) is 0.223. The van der Waals surface area contributed by atoms with Crippen molar-refractivity contribution in [3.8, 4) is 0 Å². The van der Waals surface area contributed by atoms with Gasteiger partial charge < -0.3 is 4.90 Å². The number of carbonyl (C=O) groups is 1. The zero-order valence-electron chi connectivity index (χ0n) is 12.6. The normalized spacial score (nSPS) is 18.6. The molecule has 1 atom stereocenters. The van der Waals surface area contributed by atoms with E-state index in [2.05, 4.69) is 22.2 Å². The summed E-state index contributed by atoms with van der Waals surface area (Å²) in [6.45, 7) is 4.26. The topological polar surface area (TPSA) is 66.8 Å². The number of aromatic nitrogens is 4. The van der Waals surface area contributed by atoms with E-state index in [0.29, 0.717) is 23.2 Å². The van der Waals surface area contributed by atoms with Crippen molar-refractivity contribution < 1.29 is 4.79 Å². The number of hydrogen-bond acceptors (Lipinski definition) is 3. The lowest BCUT2D eigenvalue weighted by molar-refractivity contribution is 0.0699. The summed E-state index contributed by atoms with van der Waals surface area (Å²) < 4.78 is 1.74. The number of aromatic amines is 1. The Morgan fingerprint density at radius 2 is 2.41 bits per heavy atom. The molecule has 1 saturated heterocycles. The number of H-pyrrole nitrogens is 1. The molecule has 2 aromatic heterocycles. The summed E-state index contributed by atoms with van der Waals surface area (Å²) >= 11 is 6.18. The Labute approximate surface area is 134 Å². The highest BCUT2D eigenvalue weighted by Crippen LogP contribution is 2.27. The fourth-order valence-corrected chi connectivity index (χ4v) is 3.18. The summed E-state index contributed by atoms with van der Waals surface area (Å²) in [6, 6.07) is 1.97. The average molecular weight is 322 g/mol. The van der Waals surface area contributed by atoms with E-state index in [1.165, 1.54) is 0 Å². The number of carbonyl (C=O) groups excluding carboxylic acids is 1. The van der Waals surface area contributed by atoms with E-state index >= 15 is 0 Å². The molecule has 0 aliphatic carbocycles. The molecule has 7 heteroatoms. The first-order valence-electron chi connectivity index (χ1n) is 7.70. The molecule has 1 aliphatic heterocycles. The van der Waals surface area contributed by atoms with Gasteiger partial charge in [0.05, 0.1) is 5.02 Å². The van der Waals surface area contributed by atoms with Gasteiger partial charge in [0.1, 0.15) is 0 Å². The number of halogens is 1. The number of amides is 1. The predicted molar refractivity (Wildman–Crippen MR) is 84.0 cm³/mol. The molecule has 3 rings (SSSR count). The van der Waals surface area contributed by atoms with Crippen LogP contribution in [0.4, 0.5) is 0 Å². The Morgan fingerprint density at radius 1 is 1.55 bits per heavy atom. The molecule has 0 spiro atoms. The second-order valence-electron chi connectivity index (χ2n) is 5.69. The van der Waals surface area contributed by atoms with Gasteiger partial charge in [0.15, 0.2) is 5.69 Å². The third-order valence-electron chi connectivity index (χ3n) is 4.04. The van der Waals surface area contributed by atoms with Gasteiger partial charge in [-0.15, -0.1) is 0 Å². The maximum absolute atomic E-state index is 12.7. The quantitative estimate of drug-likeness (QED) is 0.941. The van der Waals surface area contributed by atoms with Crippen LogP contribution >= 0.6 is 11.6 Å². The lowest BCUT2D eigenvalue weighted by atomic mass is 9.95. The smallest absolute Gasteiger partial charge is 0.275 e. The van der Waals surface area contributed by atoms with Crippen molar-refractivity contribution in [1.82, 2.24) is 24.9 Å². The molecule has 0 bridgehead atoms. The molecule has 1 amide bonds.